The van der Waals surface area contributed by atoms with Gasteiger partial charge in [0.05, 0.1) is 13.5 Å². The standard InChI is InChI=1S/C21H29N3O2/c1-16(2)21-22-9-12-24(21)15-17-7-10-23(11-8-17)20(25)14-18-5-4-6-19(13-18)26-3/h4-6,9,12-13,16-17H,7-8,10-11,14-15H2,1-3H3. The zero-order chi connectivity index (χ0) is 18.5. The van der Waals surface area contributed by atoms with Gasteiger partial charge in [0.2, 0.25) is 5.91 Å². The van der Waals surface area contributed by atoms with Crippen LogP contribution in [-0.4, -0.2) is 40.6 Å². The average Bonchev–Trinajstić information content (AvgIpc) is 3.11. The van der Waals surface area contributed by atoms with E-state index >= 15 is 0 Å². The van der Waals surface area contributed by atoms with E-state index in [0.29, 0.717) is 18.3 Å². The second-order valence-electron chi connectivity index (χ2n) is 7.44. The molecule has 0 radical (unpaired) electrons. The van der Waals surface area contributed by atoms with Crippen LogP contribution in [0.2, 0.25) is 0 Å². The van der Waals surface area contributed by atoms with Gasteiger partial charge in [-0.25, -0.2) is 4.98 Å². The fourth-order valence-electron chi connectivity index (χ4n) is 3.69. The maximum atomic E-state index is 12.6. The van der Waals surface area contributed by atoms with Gasteiger partial charge in [-0.2, -0.15) is 0 Å². The van der Waals surface area contributed by atoms with E-state index in [-0.39, 0.29) is 5.91 Å². The van der Waals surface area contributed by atoms with Gasteiger partial charge in [-0.1, -0.05) is 26.0 Å². The second-order valence-corrected chi connectivity index (χ2v) is 7.44. The number of methoxy groups -OCH3 is 1. The first-order valence-electron chi connectivity index (χ1n) is 9.48. The minimum Gasteiger partial charge on any atom is -0.497 e. The van der Waals surface area contributed by atoms with Crippen molar-refractivity contribution in [3.63, 3.8) is 0 Å². The summed E-state index contributed by atoms with van der Waals surface area (Å²) < 4.78 is 7.52. The summed E-state index contributed by atoms with van der Waals surface area (Å²) in [7, 11) is 1.65. The van der Waals surface area contributed by atoms with Crippen molar-refractivity contribution in [2.75, 3.05) is 20.2 Å². The first-order chi connectivity index (χ1) is 12.6. The number of carbonyl (C=O) groups is 1. The largest absolute Gasteiger partial charge is 0.497 e. The molecule has 1 aromatic carbocycles. The summed E-state index contributed by atoms with van der Waals surface area (Å²) in [5.74, 6) is 3.22. The van der Waals surface area contributed by atoms with E-state index in [1.807, 2.05) is 35.4 Å². The molecule has 1 amide bonds. The SMILES string of the molecule is COc1cccc(CC(=O)N2CCC(Cn3ccnc3C(C)C)CC2)c1. The average molecular weight is 355 g/mol. The van der Waals surface area contributed by atoms with Crippen LogP contribution in [0.5, 0.6) is 5.75 Å². The summed E-state index contributed by atoms with van der Waals surface area (Å²) in [5, 5.41) is 0. The molecule has 0 unspecified atom stereocenters. The summed E-state index contributed by atoms with van der Waals surface area (Å²) in [5.41, 5.74) is 1.01. The van der Waals surface area contributed by atoms with Crippen molar-refractivity contribution in [1.29, 1.82) is 0 Å². The minimum absolute atomic E-state index is 0.210. The predicted molar refractivity (Wildman–Crippen MR) is 102 cm³/mol. The van der Waals surface area contributed by atoms with Crippen molar-refractivity contribution in [2.24, 2.45) is 5.92 Å². The fraction of sp³-hybridized carbons (Fsp3) is 0.524. The molecule has 26 heavy (non-hydrogen) atoms. The Morgan fingerprint density at radius 3 is 2.77 bits per heavy atom. The van der Waals surface area contributed by atoms with Crippen LogP contribution in [0.25, 0.3) is 0 Å². The molecule has 3 rings (SSSR count). The molecule has 2 aromatic rings. The molecule has 1 aliphatic heterocycles. The number of hydrogen-bond acceptors (Lipinski definition) is 3. The van der Waals surface area contributed by atoms with Gasteiger partial charge in [0.1, 0.15) is 11.6 Å². The molecular formula is C21H29N3O2. The van der Waals surface area contributed by atoms with E-state index in [9.17, 15) is 4.79 Å². The van der Waals surface area contributed by atoms with Crippen LogP contribution < -0.4 is 4.74 Å². The van der Waals surface area contributed by atoms with E-state index in [0.717, 1.165) is 49.6 Å². The lowest BCUT2D eigenvalue weighted by atomic mass is 9.96. The first kappa shape index (κ1) is 18.5. The summed E-state index contributed by atoms with van der Waals surface area (Å²) in [6, 6.07) is 7.77. The molecule has 5 nitrogen and oxygen atoms in total. The smallest absolute Gasteiger partial charge is 0.226 e. The highest BCUT2D eigenvalue weighted by molar-refractivity contribution is 5.79. The van der Waals surface area contributed by atoms with Crippen LogP contribution in [0, 0.1) is 5.92 Å². The Bertz CT molecular complexity index is 730. The molecule has 0 atom stereocenters. The number of likely N-dealkylation sites (tertiary alicyclic amines) is 1. The lowest BCUT2D eigenvalue weighted by Crippen LogP contribution is -2.40. The van der Waals surface area contributed by atoms with Crippen LogP contribution in [0.15, 0.2) is 36.7 Å². The molecule has 0 saturated carbocycles. The van der Waals surface area contributed by atoms with Crippen LogP contribution >= 0.6 is 0 Å². The third-order valence-corrected chi connectivity index (χ3v) is 5.18. The molecule has 2 heterocycles. The normalized spacial score (nSPS) is 15.5. The predicted octanol–water partition coefficient (Wildman–Crippen LogP) is 3.50. The van der Waals surface area contributed by atoms with Crippen molar-refractivity contribution in [3.05, 3.63) is 48.0 Å². The highest BCUT2D eigenvalue weighted by Gasteiger charge is 2.24. The van der Waals surface area contributed by atoms with E-state index in [1.165, 1.54) is 0 Å². The maximum Gasteiger partial charge on any atom is 0.226 e. The molecule has 1 aliphatic rings. The fourth-order valence-corrected chi connectivity index (χ4v) is 3.69. The maximum absolute atomic E-state index is 12.6. The van der Waals surface area contributed by atoms with E-state index in [2.05, 4.69) is 29.6 Å². The highest BCUT2D eigenvalue weighted by atomic mass is 16.5. The summed E-state index contributed by atoms with van der Waals surface area (Å²) >= 11 is 0. The molecule has 1 saturated heterocycles. The molecule has 1 fully saturated rings. The van der Waals surface area contributed by atoms with Crippen LogP contribution in [-0.2, 0) is 17.8 Å². The third-order valence-electron chi connectivity index (χ3n) is 5.18. The van der Waals surface area contributed by atoms with Crippen LogP contribution in [0.4, 0.5) is 0 Å². The molecule has 0 spiro atoms. The zero-order valence-electron chi connectivity index (χ0n) is 16.0. The number of rotatable bonds is 6. The van der Waals surface area contributed by atoms with Crippen LogP contribution in [0.1, 0.15) is 44.0 Å². The van der Waals surface area contributed by atoms with Crippen molar-refractivity contribution in [2.45, 2.75) is 45.6 Å². The number of amides is 1. The van der Waals surface area contributed by atoms with Crippen molar-refractivity contribution >= 4 is 5.91 Å². The summed E-state index contributed by atoms with van der Waals surface area (Å²) in [4.78, 5) is 19.1. The summed E-state index contributed by atoms with van der Waals surface area (Å²) in [6.07, 6.45) is 6.53. The molecule has 5 heteroatoms. The van der Waals surface area contributed by atoms with Crippen molar-refractivity contribution in [1.82, 2.24) is 14.5 Å². The van der Waals surface area contributed by atoms with Gasteiger partial charge >= 0.3 is 0 Å². The first-order valence-corrected chi connectivity index (χ1v) is 9.48. The van der Waals surface area contributed by atoms with E-state index < -0.39 is 0 Å². The quantitative estimate of drug-likeness (QED) is 0.797. The number of carbonyl (C=O) groups excluding carboxylic acids is 1. The number of aromatic nitrogens is 2. The Balaban J connectivity index is 1.51. The second kappa shape index (κ2) is 8.39. The molecule has 0 bridgehead atoms. The van der Waals surface area contributed by atoms with E-state index in [1.54, 1.807) is 7.11 Å². The number of imidazole rings is 1. The Morgan fingerprint density at radius 1 is 1.31 bits per heavy atom. The van der Waals surface area contributed by atoms with Crippen molar-refractivity contribution < 1.29 is 9.53 Å². The third kappa shape index (κ3) is 4.45. The lowest BCUT2D eigenvalue weighted by molar-refractivity contribution is -0.131. The van der Waals surface area contributed by atoms with Gasteiger partial charge in [0, 0.05) is 37.9 Å². The zero-order valence-corrected chi connectivity index (χ0v) is 16.0. The van der Waals surface area contributed by atoms with Gasteiger partial charge in [-0.15, -0.1) is 0 Å². The number of benzene rings is 1. The van der Waals surface area contributed by atoms with Gasteiger partial charge < -0.3 is 14.2 Å². The number of ether oxygens (including phenoxy) is 1. The Labute approximate surface area is 156 Å². The molecule has 0 aliphatic carbocycles. The number of hydrogen-bond donors (Lipinski definition) is 0. The lowest BCUT2D eigenvalue weighted by Gasteiger charge is -2.32. The summed E-state index contributed by atoms with van der Waals surface area (Å²) in [6.45, 7) is 7.06. The van der Waals surface area contributed by atoms with Crippen molar-refractivity contribution in [3.8, 4) is 5.75 Å². The number of piperidine rings is 1. The monoisotopic (exact) mass is 355 g/mol. The molecular weight excluding hydrogens is 326 g/mol. The highest BCUT2D eigenvalue weighted by Crippen LogP contribution is 2.22. The Kier molecular flexibility index (Phi) is 5.96. The topological polar surface area (TPSA) is 47.4 Å². The van der Waals surface area contributed by atoms with Gasteiger partial charge in [0.15, 0.2) is 0 Å². The Morgan fingerprint density at radius 2 is 2.08 bits per heavy atom. The molecule has 1 aromatic heterocycles. The molecule has 0 N–H and O–H groups in total. The van der Waals surface area contributed by atoms with Gasteiger partial charge in [-0.05, 0) is 36.5 Å². The van der Waals surface area contributed by atoms with Crippen LogP contribution in [0.3, 0.4) is 0 Å². The Hall–Kier alpha value is -2.30. The minimum atomic E-state index is 0.210. The number of nitrogens with zero attached hydrogens (tertiary/aromatic N) is 3. The van der Waals surface area contributed by atoms with Gasteiger partial charge in [0.25, 0.3) is 0 Å². The van der Waals surface area contributed by atoms with E-state index in [4.69, 9.17) is 4.74 Å². The molecule has 140 valence electrons. The van der Waals surface area contributed by atoms with Gasteiger partial charge in [-0.3, -0.25) is 4.79 Å².